The fourth-order valence-electron chi connectivity index (χ4n) is 1.83. The number of carbonyl (C=O) groups is 1. The minimum absolute atomic E-state index is 0.0625. The van der Waals surface area contributed by atoms with Gasteiger partial charge < -0.3 is 9.64 Å². The van der Waals surface area contributed by atoms with E-state index in [4.69, 9.17) is 4.74 Å². The van der Waals surface area contributed by atoms with Gasteiger partial charge in [-0.25, -0.2) is 0 Å². The van der Waals surface area contributed by atoms with Gasteiger partial charge in [-0.15, -0.1) is 0 Å². The quantitative estimate of drug-likeness (QED) is 0.642. The van der Waals surface area contributed by atoms with E-state index >= 15 is 0 Å². The summed E-state index contributed by atoms with van der Waals surface area (Å²) >= 11 is 0. The Morgan fingerprint density at radius 3 is 3.00 bits per heavy atom. The SMILES string of the molecule is CCCCC1NCN(CCCOC)C1=O. The maximum Gasteiger partial charge on any atom is 0.240 e. The molecule has 1 heterocycles. The van der Waals surface area contributed by atoms with Crippen molar-refractivity contribution in [1.29, 1.82) is 0 Å². The van der Waals surface area contributed by atoms with Crippen molar-refractivity contribution in [1.82, 2.24) is 10.2 Å². The number of ether oxygens (including phenoxy) is 1. The Morgan fingerprint density at radius 2 is 2.33 bits per heavy atom. The molecule has 1 unspecified atom stereocenters. The van der Waals surface area contributed by atoms with Crippen LogP contribution in [0.25, 0.3) is 0 Å². The molecule has 1 aliphatic heterocycles. The molecule has 0 aromatic heterocycles. The molecule has 0 bridgehead atoms. The Balaban J connectivity index is 2.22. The Kier molecular flexibility index (Phi) is 5.65. The third kappa shape index (κ3) is 3.80. The second-order valence-corrected chi connectivity index (χ2v) is 4.01. The first-order valence-corrected chi connectivity index (χ1v) is 5.80. The van der Waals surface area contributed by atoms with Gasteiger partial charge in [-0.05, 0) is 12.8 Å². The van der Waals surface area contributed by atoms with Crippen LogP contribution in [-0.2, 0) is 9.53 Å². The Hall–Kier alpha value is -0.610. The second-order valence-electron chi connectivity index (χ2n) is 4.01. The molecule has 4 nitrogen and oxygen atoms in total. The van der Waals surface area contributed by atoms with Crippen LogP contribution in [0.3, 0.4) is 0 Å². The van der Waals surface area contributed by atoms with Crippen molar-refractivity contribution in [2.45, 2.75) is 38.6 Å². The molecule has 1 saturated heterocycles. The molecule has 1 fully saturated rings. The van der Waals surface area contributed by atoms with E-state index in [1.54, 1.807) is 7.11 Å². The third-order valence-corrected chi connectivity index (χ3v) is 2.76. The molecular formula is C11H22N2O2. The highest BCUT2D eigenvalue weighted by Gasteiger charge is 2.29. The number of hydrogen-bond donors (Lipinski definition) is 1. The van der Waals surface area contributed by atoms with Crippen LogP contribution < -0.4 is 5.32 Å². The highest BCUT2D eigenvalue weighted by molar-refractivity contribution is 5.83. The zero-order valence-electron chi connectivity index (χ0n) is 9.79. The zero-order chi connectivity index (χ0) is 11.1. The van der Waals surface area contributed by atoms with Gasteiger partial charge in [0.1, 0.15) is 0 Å². The molecule has 0 spiro atoms. The van der Waals surface area contributed by atoms with Gasteiger partial charge in [-0.1, -0.05) is 19.8 Å². The van der Waals surface area contributed by atoms with E-state index in [1.165, 1.54) is 0 Å². The summed E-state index contributed by atoms with van der Waals surface area (Å²) in [6.07, 6.45) is 4.16. The molecule has 0 saturated carbocycles. The minimum Gasteiger partial charge on any atom is -0.385 e. The van der Waals surface area contributed by atoms with Crippen LogP contribution in [0.4, 0.5) is 0 Å². The standard InChI is InChI=1S/C11H22N2O2/c1-3-4-6-10-11(14)13(9-12-10)7-5-8-15-2/h10,12H,3-9H2,1-2H3. The van der Waals surface area contributed by atoms with Crippen molar-refractivity contribution in [3.8, 4) is 0 Å². The van der Waals surface area contributed by atoms with Crippen molar-refractivity contribution in [3.05, 3.63) is 0 Å². The van der Waals surface area contributed by atoms with Crippen LogP contribution in [0.5, 0.6) is 0 Å². The Morgan fingerprint density at radius 1 is 1.53 bits per heavy atom. The summed E-state index contributed by atoms with van der Waals surface area (Å²) in [5, 5.41) is 3.25. The molecule has 0 radical (unpaired) electrons. The van der Waals surface area contributed by atoms with Gasteiger partial charge in [-0.2, -0.15) is 0 Å². The summed E-state index contributed by atoms with van der Waals surface area (Å²) in [5.74, 6) is 0.263. The van der Waals surface area contributed by atoms with Gasteiger partial charge in [0.05, 0.1) is 12.7 Å². The third-order valence-electron chi connectivity index (χ3n) is 2.76. The lowest BCUT2D eigenvalue weighted by Gasteiger charge is -2.14. The zero-order valence-corrected chi connectivity index (χ0v) is 9.79. The number of methoxy groups -OCH3 is 1. The molecule has 1 N–H and O–H groups in total. The highest BCUT2D eigenvalue weighted by atomic mass is 16.5. The monoisotopic (exact) mass is 214 g/mol. The lowest BCUT2D eigenvalue weighted by molar-refractivity contribution is -0.129. The second kappa shape index (κ2) is 6.80. The molecule has 0 aromatic carbocycles. The fraction of sp³-hybridized carbons (Fsp3) is 0.909. The van der Waals surface area contributed by atoms with Crippen LogP contribution in [0.15, 0.2) is 0 Å². The van der Waals surface area contributed by atoms with Crippen LogP contribution in [0, 0.1) is 0 Å². The van der Waals surface area contributed by atoms with Crippen molar-refractivity contribution < 1.29 is 9.53 Å². The van der Waals surface area contributed by atoms with E-state index in [1.807, 2.05) is 4.90 Å². The van der Waals surface area contributed by atoms with E-state index in [2.05, 4.69) is 12.2 Å². The number of nitrogens with one attached hydrogen (secondary N) is 1. The summed E-state index contributed by atoms with van der Waals surface area (Å²) < 4.78 is 4.97. The molecule has 88 valence electrons. The summed E-state index contributed by atoms with van der Waals surface area (Å²) in [6, 6.07) is 0.0625. The van der Waals surface area contributed by atoms with Crippen LogP contribution in [0.1, 0.15) is 32.6 Å². The Bertz CT molecular complexity index is 197. The maximum absolute atomic E-state index is 11.8. The van der Waals surface area contributed by atoms with Crippen molar-refractivity contribution in [2.75, 3.05) is 26.9 Å². The summed E-state index contributed by atoms with van der Waals surface area (Å²) in [5.41, 5.74) is 0. The normalized spacial score (nSPS) is 21.3. The molecule has 1 atom stereocenters. The average molecular weight is 214 g/mol. The first-order valence-electron chi connectivity index (χ1n) is 5.80. The van der Waals surface area contributed by atoms with Gasteiger partial charge in [0.2, 0.25) is 5.91 Å². The van der Waals surface area contributed by atoms with Gasteiger partial charge in [0.25, 0.3) is 0 Å². The van der Waals surface area contributed by atoms with E-state index in [-0.39, 0.29) is 11.9 Å². The smallest absolute Gasteiger partial charge is 0.240 e. The molecule has 1 amide bonds. The lowest BCUT2D eigenvalue weighted by atomic mass is 10.1. The fourth-order valence-corrected chi connectivity index (χ4v) is 1.83. The van der Waals surface area contributed by atoms with Gasteiger partial charge >= 0.3 is 0 Å². The summed E-state index contributed by atoms with van der Waals surface area (Å²) in [6.45, 7) is 4.39. The largest absolute Gasteiger partial charge is 0.385 e. The molecule has 1 aliphatic rings. The number of amides is 1. The van der Waals surface area contributed by atoms with Crippen molar-refractivity contribution >= 4 is 5.91 Å². The molecule has 1 rings (SSSR count). The van der Waals surface area contributed by atoms with Crippen LogP contribution >= 0.6 is 0 Å². The van der Waals surface area contributed by atoms with E-state index in [9.17, 15) is 4.79 Å². The lowest BCUT2D eigenvalue weighted by Crippen LogP contribution is -2.31. The first kappa shape index (κ1) is 12.5. The van der Waals surface area contributed by atoms with Crippen LogP contribution in [-0.4, -0.2) is 43.8 Å². The predicted octanol–water partition coefficient (Wildman–Crippen LogP) is 0.971. The number of nitrogens with zero attached hydrogens (tertiary/aromatic N) is 1. The average Bonchev–Trinajstić information content (AvgIpc) is 2.58. The van der Waals surface area contributed by atoms with Gasteiger partial charge in [-0.3, -0.25) is 10.1 Å². The van der Waals surface area contributed by atoms with E-state index in [0.717, 1.165) is 38.8 Å². The molecule has 0 aromatic rings. The first-order chi connectivity index (χ1) is 7.29. The number of carbonyl (C=O) groups excluding carboxylic acids is 1. The molecule has 15 heavy (non-hydrogen) atoms. The summed E-state index contributed by atoms with van der Waals surface area (Å²) in [4.78, 5) is 13.7. The number of hydrogen-bond acceptors (Lipinski definition) is 3. The number of unbranched alkanes of at least 4 members (excludes halogenated alkanes) is 1. The minimum atomic E-state index is 0.0625. The van der Waals surface area contributed by atoms with Gasteiger partial charge in [0.15, 0.2) is 0 Å². The van der Waals surface area contributed by atoms with Gasteiger partial charge in [0, 0.05) is 20.3 Å². The predicted molar refractivity (Wildman–Crippen MR) is 59.5 cm³/mol. The maximum atomic E-state index is 11.8. The van der Waals surface area contributed by atoms with Crippen LogP contribution in [0.2, 0.25) is 0 Å². The molecule has 4 heteroatoms. The molecule has 0 aliphatic carbocycles. The topological polar surface area (TPSA) is 41.6 Å². The molecular weight excluding hydrogens is 192 g/mol. The number of rotatable bonds is 7. The summed E-state index contributed by atoms with van der Waals surface area (Å²) in [7, 11) is 1.69. The van der Waals surface area contributed by atoms with E-state index < -0.39 is 0 Å². The van der Waals surface area contributed by atoms with Crippen molar-refractivity contribution in [3.63, 3.8) is 0 Å². The Labute approximate surface area is 92.0 Å². The highest BCUT2D eigenvalue weighted by Crippen LogP contribution is 2.10. The van der Waals surface area contributed by atoms with Crippen molar-refractivity contribution in [2.24, 2.45) is 0 Å². The van der Waals surface area contributed by atoms with E-state index in [0.29, 0.717) is 6.67 Å².